The molecule has 0 aromatic carbocycles. The maximum atomic E-state index is 9.38. The largest absolute Gasteiger partial charge is 0.308 e. The quantitative estimate of drug-likeness (QED) is 0.759. The molecule has 0 spiro atoms. The standard InChI is InChI=1S/C15H30N4/c1-13(2)11-19(9-8-18(4)5)14-6-7-15(10-14,12-16)17-3/h13-14,17H,6-11H2,1-5H3. The monoisotopic (exact) mass is 266 g/mol. The van der Waals surface area contributed by atoms with Crippen molar-refractivity contribution in [1.29, 1.82) is 5.26 Å². The molecule has 1 fully saturated rings. The van der Waals surface area contributed by atoms with Crippen LogP contribution in [0.15, 0.2) is 0 Å². The van der Waals surface area contributed by atoms with E-state index in [-0.39, 0.29) is 5.54 Å². The summed E-state index contributed by atoms with van der Waals surface area (Å²) in [6.45, 7) is 7.85. The zero-order valence-electron chi connectivity index (χ0n) is 13.2. The van der Waals surface area contributed by atoms with Gasteiger partial charge in [0.15, 0.2) is 0 Å². The Kier molecular flexibility index (Phi) is 6.25. The second-order valence-corrected chi connectivity index (χ2v) is 6.53. The van der Waals surface area contributed by atoms with Gasteiger partial charge < -0.3 is 10.2 Å². The third-order valence-electron chi connectivity index (χ3n) is 4.13. The van der Waals surface area contributed by atoms with Gasteiger partial charge in [0, 0.05) is 25.7 Å². The lowest BCUT2D eigenvalue weighted by Crippen LogP contribution is -2.44. The van der Waals surface area contributed by atoms with Crippen molar-refractivity contribution in [3.63, 3.8) is 0 Å². The summed E-state index contributed by atoms with van der Waals surface area (Å²) in [5.41, 5.74) is -0.294. The first-order chi connectivity index (χ1) is 8.92. The zero-order valence-corrected chi connectivity index (χ0v) is 13.2. The Balaban J connectivity index is 2.63. The van der Waals surface area contributed by atoms with Gasteiger partial charge in [0.1, 0.15) is 5.54 Å². The van der Waals surface area contributed by atoms with E-state index >= 15 is 0 Å². The van der Waals surface area contributed by atoms with Crippen molar-refractivity contribution in [1.82, 2.24) is 15.1 Å². The van der Waals surface area contributed by atoms with E-state index in [0.29, 0.717) is 12.0 Å². The normalized spacial score (nSPS) is 27.4. The number of rotatable bonds is 7. The van der Waals surface area contributed by atoms with Gasteiger partial charge in [-0.3, -0.25) is 4.90 Å². The second kappa shape index (κ2) is 7.23. The Bertz CT molecular complexity index is 308. The van der Waals surface area contributed by atoms with E-state index in [9.17, 15) is 5.26 Å². The zero-order chi connectivity index (χ0) is 14.5. The topological polar surface area (TPSA) is 42.3 Å². The van der Waals surface area contributed by atoms with Crippen LogP contribution in [0.3, 0.4) is 0 Å². The first-order valence-corrected chi connectivity index (χ1v) is 7.41. The van der Waals surface area contributed by atoms with Gasteiger partial charge >= 0.3 is 0 Å². The predicted octanol–water partition coefficient (Wildman–Crippen LogP) is 1.54. The van der Waals surface area contributed by atoms with Crippen LogP contribution in [0.2, 0.25) is 0 Å². The Morgan fingerprint density at radius 1 is 1.37 bits per heavy atom. The minimum Gasteiger partial charge on any atom is -0.308 e. The summed E-state index contributed by atoms with van der Waals surface area (Å²) in [7, 11) is 6.16. The number of nitrogens with one attached hydrogen (secondary N) is 1. The fourth-order valence-electron chi connectivity index (χ4n) is 2.94. The van der Waals surface area contributed by atoms with Crippen molar-refractivity contribution in [2.24, 2.45) is 5.92 Å². The first-order valence-electron chi connectivity index (χ1n) is 7.41. The Morgan fingerprint density at radius 3 is 2.47 bits per heavy atom. The van der Waals surface area contributed by atoms with Gasteiger partial charge in [-0.25, -0.2) is 0 Å². The molecular weight excluding hydrogens is 236 g/mol. The molecule has 4 heteroatoms. The third kappa shape index (κ3) is 4.76. The molecule has 4 nitrogen and oxygen atoms in total. The molecule has 0 amide bonds. The Labute approximate surface area is 118 Å². The molecule has 19 heavy (non-hydrogen) atoms. The lowest BCUT2D eigenvalue weighted by atomic mass is 9.99. The fraction of sp³-hybridized carbons (Fsp3) is 0.933. The van der Waals surface area contributed by atoms with Gasteiger partial charge in [0.2, 0.25) is 0 Å². The lowest BCUT2D eigenvalue weighted by molar-refractivity contribution is 0.158. The van der Waals surface area contributed by atoms with E-state index in [2.05, 4.69) is 49.1 Å². The number of nitriles is 1. The molecule has 1 aliphatic carbocycles. The van der Waals surface area contributed by atoms with Crippen LogP contribution in [-0.2, 0) is 0 Å². The van der Waals surface area contributed by atoms with E-state index < -0.39 is 0 Å². The predicted molar refractivity (Wildman–Crippen MR) is 80.0 cm³/mol. The summed E-state index contributed by atoms with van der Waals surface area (Å²) in [4.78, 5) is 4.82. The van der Waals surface area contributed by atoms with E-state index in [1.54, 1.807) is 0 Å². The van der Waals surface area contributed by atoms with Gasteiger partial charge in [-0.15, -0.1) is 0 Å². The van der Waals surface area contributed by atoms with Gasteiger partial charge in [-0.2, -0.15) is 5.26 Å². The highest BCUT2D eigenvalue weighted by atomic mass is 15.2. The summed E-state index contributed by atoms with van der Waals surface area (Å²) < 4.78 is 0. The van der Waals surface area contributed by atoms with E-state index in [1.807, 2.05) is 7.05 Å². The minimum atomic E-state index is -0.294. The van der Waals surface area contributed by atoms with Crippen LogP contribution < -0.4 is 5.32 Å². The molecule has 0 radical (unpaired) electrons. The molecule has 0 aliphatic heterocycles. The fourth-order valence-corrected chi connectivity index (χ4v) is 2.94. The van der Waals surface area contributed by atoms with Crippen molar-refractivity contribution in [2.45, 2.75) is 44.7 Å². The second-order valence-electron chi connectivity index (χ2n) is 6.53. The molecule has 0 heterocycles. The van der Waals surface area contributed by atoms with Crippen LogP contribution >= 0.6 is 0 Å². The average molecular weight is 266 g/mol. The van der Waals surface area contributed by atoms with Crippen LogP contribution in [0.5, 0.6) is 0 Å². The molecule has 1 rings (SSSR count). The smallest absolute Gasteiger partial charge is 0.108 e. The number of likely N-dealkylation sites (N-methyl/N-ethyl adjacent to an activating group) is 1. The van der Waals surface area contributed by atoms with E-state index in [1.165, 1.54) is 0 Å². The van der Waals surface area contributed by atoms with Crippen LogP contribution in [0.4, 0.5) is 0 Å². The summed E-state index contributed by atoms with van der Waals surface area (Å²) in [5.74, 6) is 0.675. The van der Waals surface area contributed by atoms with Gasteiger partial charge in [0.25, 0.3) is 0 Å². The van der Waals surface area contributed by atoms with E-state index in [4.69, 9.17) is 0 Å². The summed E-state index contributed by atoms with van der Waals surface area (Å²) in [5, 5.41) is 12.6. The summed E-state index contributed by atoms with van der Waals surface area (Å²) >= 11 is 0. The molecule has 1 aliphatic rings. The van der Waals surface area contributed by atoms with E-state index in [0.717, 1.165) is 38.9 Å². The minimum absolute atomic E-state index is 0.294. The molecule has 2 unspecified atom stereocenters. The van der Waals surface area contributed by atoms with Crippen LogP contribution in [0, 0.1) is 17.2 Å². The highest BCUT2D eigenvalue weighted by Gasteiger charge is 2.40. The average Bonchev–Trinajstić information content (AvgIpc) is 2.79. The maximum absolute atomic E-state index is 9.38. The third-order valence-corrected chi connectivity index (χ3v) is 4.13. The van der Waals surface area contributed by atoms with Crippen LogP contribution in [0.1, 0.15) is 33.1 Å². The van der Waals surface area contributed by atoms with Gasteiger partial charge in [-0.1, -0.05) is 13.8 Å². The highest BCUT2D eigenvalue weighted by Crippen LogP contribution is 2.32. The molecule has 0 aromatic rings. The molecule has 0 saturated heterocycles. The van der Waals surface area contributed by atoms with Gasteiger partial charge in [0.05, 0.1) is 6.07 Å². The van der Waals surface area contributed by atoms with Crippen molar-refractivity contribution in [3.8, 4) is 6.07 Å². The number of hydrogen-bond donors (Lipinski definition) is 1. The molecule has 1 saturated carbocycles. The van der Waals surface area contributed by atoms with Crippen LogP contribution in [0.25, 0.3) is 0 Å². The highest BCUT2D eigenvalue weighted by molar-refractivity contribution is 5.12. The molecular formula is C15H30N4. The van der Waals surface area contributed by atoms with Crippen molar-refractivity contribution in [3.05, 3.63) is 0 Å². The first kappa shape index (κ1) is 16.4. The van der Waals surface area contributed by atoms with Crippen LogP contribution in [-0.4, -0.2) is 62.2 Å². The Hall–Kier alpha value is -0.630. The SMILES string of the molecule is CNC1(C#N)CCC(N(CCN(C)C)CC(C)C)C1. The molecule has 1 N–H and O–H groups in total. The summed E-state index contributed by atoms with van der Waals surface area (Å²) in [6, 6.07) is 3.03. The van der Waals surface area contributed by atoms with Crippen molar-refractivity contribution >= 4 is 0 Å². The lowest BCUT2D eigenvalue weighted by Gasteiger charge is -2.32. The molecule has 110 valence electrons. The molecule has 2 atom stereocenters. The van der Waals surface area contributed by atoms with Crippen molar-refractivity contribution < 1.29 is 0 Å². The van der Waals surface area contributed by atoms with Crippen molar-refractivity contribution in [2.75, 3.05) is 40.8 Å². The van der Waals surface area contributed by atoms with Gasteiger partial charge in [-0.05, 0) is 46.3 Å². The number of hydrogen-bond acceptors (Lipinski definition) is 4. The number of nitrogens with zero attached hydrogens (tertiary/aromatic N) is 3. The maximum Gasteiger partial charge on any atom is 0.108 e. The summed E-state index contributed by atoms with van der Waals surface area (Å²) in [6.07, 6.45) is 3.07. The molecule has 0 aromatic heterocycles. The molecule has 0 bridgehead atoms. The Morgan fingerprint density at radius 2 is 2.05 bits per heavy atom.